The monoisotopic (exact) mass is 447 g/mol. The number of carbonyl (C=O) groups excluding carboxylic acids is 1. The summed E-state index contributed by atoms with van der Waals surface area (Å²) in [5, 5.41) is 8.56. The molecular formula is C22H27Cl2N5O. The zero-order valence-electron chi connectivity index (χ0n) is 17.1. The predicted octanol–water partition coefficient (Wildman–Crippen LogP) is 4.34. The van der Waals surface area contributed by atoms with Gasteiger partial charge >= 0.3 is 6.03 Å². The third-order valence-electron chi connectivity index (χ3n) is 6.50. The molecule has 30 heavy (non-hydrogen) atoms. The molecule has 0 spiro atoms. The van der Waals surface area contributed by atoms with E-state index in [0.717, 1.165) is 29.3 Å². The van der Waals surface area contributed by atoms with Gasteiger partial charge in [0.05, 0.1) is 0 Å². The molecule has 0 bridgehead atoms. The number of amides is 2. The summed E-state index contributed by atoms with van der Waals surface area (Å²) in [7, 11) is 0. The first-order valence-electron chi connectivity index (χ1n) is 10.9. The fraction of sp³-hybridized carbons (Fsp3) is 0.545. The van der Waals surface area contributed by atoms with E-state index in [-0.39, 0.29) is 18.2 Å². The fourth-order valence-corrected chi connectivity index (χ4v) is 5.46. The maximum atomic E-state index is 13.3. The van der Waals surface area contributed by atoms with Gasteiger partial charge < -0.3 is 10.6 Å². The van der Waals surface area contributed by atoms with Gasteiger partial charge in [0.25, 0.3) is 0 Å². The molecule has 8 heteroatoms. The Hall–Kier alpha value is -1.92. The minimum Gasteiger partial charge on any atom is -0.365 e. The molecule has 0 aromatic heterocycles. The maximum Gasteiger partial charge on any atom is 0.327 e. The number of carbonyl (C=O) groups is 1. The highest BCUT2D eigenvalue weighted by molar-refractivity contribution is 6.33. The van der Waals surface area contributed by atoms with Gasteiger partial charge in [0.2, 0.25) is 0 Å². The fourth-order valence-electron chi connectivity index (χ4n) is 5.07. The van der Waals surface area contributed by atoms with E-state index in [9.17, 15) is 4.79 Å². The van der Waals surface area contributed by atoms with Crippen molar-refractivity contribution in [3.8, 4) is 0 Å². The molecule has 2 amide bonds. The lowest BCUT2D eigenvalue weighted by Gasteiger charge is -2.36. The summed E-state index contributed by atoms with van der Waals surface area (Å²) >= 11 is 12.6. The number of rotatable bonds is 5. The quantitative estimate of drug-likeness (QED) is 0.705. The topological polar surface area (TPSA) is 60.0 Å². The number of halogens is 2. The molecule has 2 N–H and O–H groups in total. The van der Waals surface area contributed by atoms with Crippen LogP contribution in [0.4, 0.5) is 4.79 Å². The number of benzene rings is 1. The van der Waals surface area contributed by atoms with Gasteiger partial charge in [-0.15, -0.1) is 0 Å². The SMILES string of the molecule is CCCN1C(=O)N2CC(Cc3cc(Cl)ccc3Cl)NC2=C2NC(C3CCCC3)=NC21. The minimum atomic E-state index is -0.236. The molecular weight excluding hydrogens is 421 g/mol. The number of amidine groups is 1. The summed E-state index contributed by atoms with van der Waals surface area (Å²) < 4.78 is 0. The van der Waals surface area contributed by atoms with Gasteiger partial charge in [0.1, 0.15) is 17.4 Å². The molecule has 4 aliphatic rings. The van der Waals surface area contributed by atoms with Crippen molar-refractivity contribution in [1.82, 2.24) is 20.4 Å². The van der Waals surface area contributed by atoms with E-state index in [4.69, 9.17) is 28.2 Å². The van der Waals surface area contributed by atoms with E-state index < -0.39 is 0 Å². The van der Waals surface area contributed by atoms with Crippen LogP contribution in [0.2, 0.25) is 10.0 Å². The largest absolute Gasteiger partial charge is 0.365 e. The average molecular weight is 448 g/mol. The van der Waals surface area contributed by atoms with Crippen LogP contribution in [0.5, 0.6) is 0 Å². The summed E-state index contributed by atoms with van der Waals surface area (Å²) in [6.45, 7) is 3.40. The minimum absolute atomic E-state index is 0.0333. The zero-order valence-corrected chi connectivity index (χ0v) is 18.6. The lowest BCUT2D eigenvalue weighted by molar-refractivity contribution is 0.146. The Bertz CT molecular complexity index is 924. The second kappa shape index (κ2) is 7.97. The van der Waals surface area contributed by atoms with Crippen LogP contribution in [0, 0.1) is 5.92 Å². The predicted molar refractivity (Wildman–Crippen MR) is 120 cm³/mol. The molecule has 1 saturated heterocycles. The van der Waals surface area contributed by atoms with E-state index in [1.807, 2.05) is 21.9 Å². The number of aliphatic imine (C=N–C) groups is 1. The summed E-state index contributed by atoms with van der Waals surface area (Å²) in [5.41, 5.74) is 2.01. The lowest BCUT2D eigenvalue weighted by Crippen LogP contribution is -2.53. The molecule has 160 valence electrons. The molecule has 3 aliphatic heterocycles. The summed E-state index contributed by atoms with van der Waals surface area (Å²) in [6, 6.07) is 5.64. The van der Waals surface area contributed by atoms with Gasteiger partial charge in [0.15, 0.2) is 6.17 Å². The molecule has 3 heterocycles. The third-order valence-corrected chi connectivity index (χ3v) is 7.11. The first-order chi connectivity index (χ1) is 14.5. The Balaban J connectivity index is 1.43. The molecule has 1 aromatic rings. The van der Waals surface area contributed by atoms with Crippen LogP contribution < -0.4 is 10.6 Å². The smallest absolute Gasteiger partial charge is 0.327 e. The molecule has 1 saturated carbocycles. The van der Waals surface area contributed by atoms with Crippen molar-refractivity contribution in [2.24, 2.45) is 10.9 Å². The van der Waals surface area contributed by atoms with Crippen LogP contribution in [-0.4, -0.2) is 47.0 Å². The average Bonchev–Trinajstić information content (AvgIpc) is 3.46. The second-order valence-electron chi connectivity index (χ2n) is 8.62. The maximum absolute atomic E-state index is 13.3. The van der Waals surface area contributed by atoms with Gasteiger partial charge in [-0.1, -0.05) is 43.0 Å². The van der Waals surface area contributed by atoms with Gasteiger partial charge in [-0.05, 0) is 49.4 Å². The van der Waals surface area contributed by atoms with Crippen LogP contribution >= 0.6 is 23.2 Å². The molecule has 5 rings (SSSR count). The van der Waals surface area contributed by atoms with Crippen molar-refractivity contribution in [2.45, 2.75) is 57.7 Å². The molecule has 1 aromatic carbocycles. The molecule has 2 unspecified atom stereocenters. The Morgan fingerprint density at radius 1 is 1.23 bits per heavy atom. The number of hydrogen-bond donors (Lipinski definition) is 2. The van der Waals surface area contributed by atoms with Gasteiger partial charge in [-0.3, -0.25) is 9.80 Å². The normalized spacial score (nSPS) is 26.0. The summed E-state index contributed by atoms with van der Waals surface area (Å²) in [6.07, 6.45) is 6.24. The first-order valence-corrected chi connectivity index (χ1v) is 11.7. The van der Waals surface area contributed by atoms with E-state index in [0.29, 0.717) is 35.5 Å². The van der Waals surface area contributed by atoms with Crippen LogP contribution in [0.1, 0.15) is 44.6 Å². The summed E-state index contributed by atoms with van der Waals surface area (Å²) in [5.74, 6) is 2.41. The molecule has 2 fully saturated rings. The lowest BCUT2D eigenvalue weighted by atomic mass is 10.1. The Kier molecular flexibility index (Phi) is 5.31. The van der Waals surface area contributed by atoms with E-state index in [2.05, 4.69) is 17.6 Å². The van der Waals surface area contributed by atoms with Crippen molar-refractivity contribution in [2.75, 3.05) is 13.1 Å². The Morgan fingerprint density at radius 3 is 2.80 bits per heavy atom. The van der Waals surface area contributed by atoms with Crippen molar-refractivity contribution in [3.63, 3.8) is 0 Å². The number of nitrogens with one attached hydrogen (secondary N) is 2. The van der Waals surface area contributed by atoms with Crippen LogP contribution in [0.15, 0.2) is 34.7 Å². The number of nitrogens with zero attached hydrogens (tertiary/aromatic N) is 3. The molecule has 0 radical (unpaired) electrons. The van der Waals surface area contributed by atoms with Crippen LogP contribution in [0.25, 0.3) is 0 Å². The summed E-state index contributed by atoms with van der Waals surface area (Å²) in [4.78, 5) is 22.1. The van der Waals surface area contributed by atoms with Crippen molar-refractivity contribution < 1.29 is 4.79 Å². The Morgan fingerprint density at radius 2 is 2.03 bits per heavy atom. The number of hydrogen-bond acceptors (Lipinski definition) is 4. The molecule has 6 nitrogen and oxygen atoms in total. The Labute approximate surface area is 187 Å². The number of urea groups is 1. The third kappa shape index (κ3) is 3.44. The number of fused-ring (bicyclic) bond motifs is 2. The van der Waals surface area contributed by atoms with Crippen LogP contribution in [-0.2, 0) is 6.42 Å². The highest BCUT2D eigenvalue weighted by Crippen LogP contribution is 2.35. The van der Waals surface area contributed by atoms with E-state index >= 15 is 0 Å². The van der Waals surface area contributed by atoms with Crippen molar-refractivity contribution in [1.29, 1.82) is 0 Å². The van der Waals surface area contributed by atoms with Gasteiger partial charge in [-0.2, -0.15) is 0 Å². The highest BCUT2D eigenvalue weighted by atomic mass is 35.5. The first kappa shape index (κ1) is 20.0. The van der Waals surface area contributed by atoms with Gasteiger partial charge in [-0.25, -0.2) is 9.79 Å². The standard InChI is InChI=1S/C22H27Cl2N5O/c1-2-9-28-21-18(26-19(27-21)13-5-3-4-6-13)20-25-16(12-29(20)22(28)30)11-14-10-15(23)7-8-17(14)24/h7-8,10,13,16,21,25H,2-6,9,11-12H2,1H3,(H,26,27). The van der Waals surface area contributed by atoms with Crippen molar-refractivity contribution in [3.05, 3.63) is 45.3 Å². The van der Waals surface area contributed by atoms with E-state index in [1.165, 1.54) is 25.7 Å². The zero-order chi connectivity index (χ0) is 20.8. The van der Waals surface area contributed by atoms with Gasteiger partial charge in [0, 0.05) is 35.1 Å². The highest BCUT2D eigenvalue weighted by Gasteiger charge is 2.47. The van der Waals surface area contributed by atoms with Crippen LogP contribution in [0.3, 0.4) is 0 Å². The molecule has 1 aliphatic carbocycles. The second-order valence-corrected chi connectivity index (χ2v) is 9.47. The van der Waals surface area contributed by atoms with Crippen molar-refractivity contribution >= 4 is 35.1 Å². The van der Waals surface area contributed by atoms with E-state index in [1.54, 1.807) is 6.07 Å². The molecule has 2 atom stereocenters.